The predicted octanol–water partition coefficient (Wildman–Crippen LogP) is 2.31. The summed E-state index contributed by atoms with van der Waals surface area (Å²) in [6.45, 7) is 5.42. The van der Waals surface area contributed by atoms with Gasteiger partial charge in [0.25, 0.3) is 0 Å². The van der Waals surface area contributed by atoms with Crippen molar-refractivity contribution in [3.8, 4) is 5.69 Å². The third kappa shape index (κ3) is 2.07. The van der Waals surface area contributed by atoms with Crippen LogP contribution in [0.4, 0.5) is 5.69 Å². The zero-order valence-corrected chi connectivity index (χ0v) is 12.9. The molecule has 1 unspecified atom stereocenters. The quantitative estimate of drug-likeness (QED) is 0.942. The molecule has 1 aromatic carbocycles. The minimum absolute atomic E-state index is 0.365. The van der Waals surface area contributed by atoms with E-state index in [1.54, 1.807) is 26.2 Å². The minimum Gasteiger partial charge on any atom is -0.758 e. The molecule has 0 saturated carbocycles. The first-order chi connectivity index (χ1) is 10.3. The Morgan fingerprint density at radius 2 is 2.00 bits per heavy atom. The molecule has 0 bridgehead atoms. The van der Waals surface area contributed by atoms with Gasteiger partial charge in [-0.15, -0.1) is 0 Å². The molecule has 0 aliphatic carbocycles. The molecule has 1 aliphatic heterocycles. The van der Waals surface area contributed by atoms with E-state index in [-0.39, 0.29) is 11.9 Å². The summed E-state index contributed by atoms with van der Waals surface area (Å²) in [5, 5.41) is 13.5. The van der Waals surface area contributed by atoms with Crippen LogP contribution in [-0.2, 0) is 11.2 Å². The predicted molar refractivity (Wildman–Crippen MR) is 84.5 cm³/mol. The Bertz CT molecular complexity index is 735. The molecular weight excluding hydrogens is 280 g/mol. The highest BCUT2D eigenvalue weighted by molar-refractivity contribution is 5.80. The number of hydrogen-bond donors (Lipinski definition) is 1. The second kappa shape index (κ2) is 4.84. The highest BCUT2D eigenvalue weighted by Gasteiger charge is 2.32. The molecule has 116 valence electrons. The summed E-state index contributed by atoms with van der Waals surface area (Å²) in [6.07, 6.45) is 2.12. The number of primary amides is 1. The number of rotatable bonds is 3. The van der Waals surface area contributed by atoms with E-state index < -0.39 is 5.41 Å². The maximum atomic E-state index is 12.5. The fraction of sp³-hybridized carbons (Fsp3) is 0.375. The van der Waals surface area contributed by atoms with Crippen LogP contribution >= 0.6 is 0 Å². The molecule has 1 atom stereocenters. The van der Waals surface area contributed by atoms with Gasteiger partial charge in [-0.25, -0.2) is 4.98 Å². The molecule has 1 aromatic heterocycles. The van der Waals surface area contributed by atoms with Crippen molar-refractivity contribution in [1.82, 2.24) is 9.55 Å². The Morgan fingerprint density at radius 3 is 2.64 bits per heavy atom. The monoisotopic (exact) mass is 299 g/mol. The van der Waals surface area contributed by atoms with Crippen LogP contribution in [0.5, 0.6) is 0 Å². The highest BCUT2D eigenvalue weighted by Crippen LogP contribution is 2.39. The molecule has 0 fully saturated rings. The Labute approximate surface area is 129 Å². The van der Waals surface area contributed by atoms with E-state index >= 15 is 0 Å². The summed E-state index contributed by atoms with van der Waals surface area (Å²) in [5.41, 5.74) is 7.74. The molecule has 2 N–H and O–H groups in total. The number of para-hydroxylation sites is 2. The summed E-state index contributed by atoms with van der Waals surface area (Å²) in [5.74, 6) is -0.378. The lowest BCUT2D eigenvalue weighted by molar-refractivity contribution is -0.125. The lowest BCUT2D eigenvalue weighted by atomic mass is 9.86. The van der Waals surface area contributed by atoms with E-state index in [4.69, 9.17) is 5.73 Å². The van der Waals surface area contributed by atoms with Gasteiger partial charge in [0.2, 0.25) is 5.91 Å². The van der Waals surface area contributed by atoms with E-state index in [1.165, 1.54) is 0 Å². The number of benzene rings is 1. The number of aromatic nitrogens is 2. The van der Waals surface area contributed by atoms with Crippen LogP contribution in [-0.4, -0.2) is 15.5 Å². The average molecular weight is 299 g/mol. The number of imidazole rings is 1. The van der Waals surface area contributed by atoms with Gasteiger partial charge in [0.15, 0.2) is 0 Å². The normalized spacial score (nSPS) is 17.1. The zero-order chi connectivity index (χ0) is 16.1. The summed E-state index contributed by atoms with van der Waals surface area (Å²) in [7, 11) is 0. The van der Waals surface area contributed by atoms with Crippen LogP contribution in [0.2, 0.25) is 0 Å². The van der Waals surface area contributed by atoms with Gasteiger partial charge in [-0.3, -0.25) is 9.36 Å². The lowest BCUT2D eigenvalue weighted by Crippen LogP contribution is -2.35. The fourth-order valence-electron chi connectivity index (χ4n) is 2.85. The summed E-state index contributed by atoms with van der Waals surface area (Å²) >= 11 is 0. The summed E-state index contributed by atoms with van der Waals surface area (Å²) in [4.78, 5) is 16.0. The number of hydroxylamine groups is 1. The van der Waals surface area contributed by atoms with E-state index in [2.05, 4.69) is 4.98 Å². The number of fused-ring (bicyclic) bond motifs is 3. The number of nitrogens with two attached hydrogens (primary N) is 1. The Morgan fingerprint density at radius 1 is 1.36 bits per heavy atom. The van der Waals surface area contributed by atoms with Crippen molar-refractivity contribution in [2.24, 2.45) is 11.1 Å². The number of nitrogens with zero attached hydrogens (tertiary/aromatic N) is 3. The third-order valence-electron chi connectivity index (χ3n) is 4.29. The largest absolute Gasteiger partial charge is 0.758 e. The second-order valence-corrected chi connectivity index (χ2v) is 6.36. The van der Waals surface area contributed by atoms with Gasteiger partial charge in [-0.1, -0.05) is 26.0 Å². The van der Waals surface area contributed by atoms with Crippen molar-refractivity contribution >= 4 is 11.6 Å². The maximum Gasteiger partial charge on any atom is 0.223 e. The molecule has 1 amide bonds. The Hall–Kier alpha value is -2.34. The molecule has 6 heteroatoms. The van der Waals surface area contributed by atoms with Gasteiger partial charge in [-0.2, -0.15) is 0 Å². The summed E-state index contributed by atoms with van der Waals surface area (Å²) < 4.78 is 1.93. The topological polar surface area (TPSA) is 87.2 Å². The Kier molecular flexibility index (Phi) is 3.21. The van der Waals surface area contributed by atoms with Crippen molar-refractivity contribution in [1.29, 1.82) is 0 Å². The number of anilines is 1. The molecule has 2 heterocycles. The van der Waals surface area contributed by atoms with E-state index in [9.17, 15) is 10.0 Å². The second-order valence-electron chi connectivity index (χ2n) is 6.36. The number of carbonyl (C=O) groups excluding carboxylic acids is 1. The summed E-state index contributed by atoms with van der Waals surface area (Å²) in [6, 6.07) is 7.06. The molecule has 22 heavy (non-hydrogen) atoms. The van der Waals surface area contributed by atoms with Gasteiger partial charge >= 0.3 is 0 Å². The standard InChI is InChI=1S/C16H19N4O2/c1-10-14-11(8-16(2,3)15(17)21)18-9-19(14)12-6-4-5-7-13(12)20(10)22/h4-7,9-10H,8H2,1-3H3,(H2,17,21)/q-1. The van der Waals surface area contributed by atoms with Crippen molar-refractivity contribution in [2.45, 2.75) is 33.2 Å². The number of hydrogen-bond acceptors (Lipinski definition) is 4. The van der Waals surface area contributed by atoms with Crippen molar-refractivity contribution in [2.75, 3.05) is 5.06 Å². The first kappa shape index (κ1) is 14.6. The molecule has 2 aromatic rings. The van der Waals surface area contributed by atoms with Gasteiger partial charge in [0, 0.05) is 11.8 Å². The van der Waals surface area contributed by atoms with Gasteiger partial charge in [0.1, 0.15) is 0 Å². The van der Waals surface area contributed by atoms with Crippen LogP contribution in [0.1, 0.15) is 38.2 Å². The van der Waals surface area contributed by atoms with Crippen LogP contribution in [0, 0.1) is 10.6 Å². The SMILES string of the molecule is CC1c2c(CC(C)(C)C(N)=O)ncn2-c2ccccc2N1[O-]. The van der Waals surface area contributed by atoms with Gasteiger partial charge < -0.3 is 16.0 Å². The van der Waals surface area contributed by atoms with Crippen molar-refractivity contribution in [3.05, 3.63) is 47.2 Å². The van der Waals surface area contributed by atoms with Crippen LogP contribution in [0.3, 0.4) is 0 Å². The first-order valence-electron chi connectivity index (χ1n) is 7.24. The van der Waals surface area contributed by atoms with Crippen LogP contribution in [0.25, 0.3) is 5.69 Å². The first-order valence-corrected chi connectivity index (χ1v) is 7.24. The van der Waals surface area contributed by atoms with Gasteiger partial charge in [0.05, 0.1) is 35.1 Å². The van der Waals surface area contributed by atoms with E-state index in [0.29, 0.717) is 12.1 Å². The lowest BCUT2D eigenvalue weighted by Gasteiger charge is -2.43. The van der Waals surface area contributed by atoms with Gasteiger partial charge in [-0.05, 0) is 19.1 Å². The highest BCUT2D eigenvalue weighted by atomic mass is 16.5. The minimum atomic E-state index is -0.708. The molecular formula is C16H19N4O2-. The maximum absolute atomic E-state index is 12.5. The van der Waals surface area contributed by atoms with Crippen molar-refractivity contribution < 1.29 is 4.79 Å². The van der Waals surface area contributed by atoms with Crippen LogP contribution < -0.4 is 10.8 Å². The molecule has 0 spiro atoms. The third-order valence-corrected chi connectivity index (χ3v) is 4.29. The molecule has 0 saturated heterocycles. The Balaban J connectivity index is 2.11. The smallest absolute Gasteiger partial charge is 0.223 e. The van der Waals surface area contributed by atoms with E-state index in [0.717, 1.165) is 22.1 Å². The van der Waals surface area contributed by atoms with Crippen LogP contribution in [0.15, 0.2) is 30.6 Å². The zero-order valence-electron chi connectivity index (χ0n) is 12.9. The van der Waals surface area contributed by atoms with E-state index in [1.807, 2.05) is 29.7 Å². The molecule has 6 nitrogen and oxygen atoms in total. The van der Waals surface area contributed by atoms with Crippen molar-refractivity contribution in [3.63, 3.8) is 0 Å². The molecule has 1 aliphatic rings. The average Bonchev–Trinajstić information content (AvgIpc) is 2.88. The number of carbonyl (C=O) groups is 1. The number of amides is 1. The molecule has 0 radical (unpaired) electrons. The molecule has 3 rings (SSSR count). The fourth-order valence-corrected chi connectivity index (χ4v) is 2.85.